The van der Waals surface area contributed by atoms with Crippen LogP contribution in [-0.4, -0.2) is 59.7 Å². The molecule has 0 saturated heterocycles. The Hall–Kier alpha value is 0.359. The van der Waals surface area contributed by atoms with Crippen molar-refractivity contribution in [3.8, 4) is 0 Å². The maximum absolute atomic E-state index is 8.48. The van der Waals surface area contributed by atoms with Gasteiger partial charge in [0, 0.05) is 19.6 Å². The summed E-state index contributed by atoms with van der Waals surface area (Å²) in [4.78, 5) is 1.79. The number of aliphatic hydroxyl groups excluding tert-OH is 3. The molecule has 11 heavy (non-hydrogen) atoms. The second kappa shape index (κ2) is 10.4. The van der Waals surface area contributed by atoms with Crippen molar-refractivity contribution in [3.63, 3.8) is 0 Å². The predicted molar refractivity (Wildman–Crippen MR) is 37.7 cm³/mol. The molecule has 0 aliphatic heterocycles. The molecule has 0 aromatic carbocycles. The van der Waals surface area contributed by atoms with Gasteiger partial charge in [-0.1, -0.05) is 0 Å². The van der Waals surface area contributed by atoms with E-state index < -0.39 is 0 Å². The van der Waals surface area contributed by atoms with Crippen molar-refractivity contribution in [1.82, 2.24) is 4.90 Å². The largest absolute Gasteiger partial charge is 1.00 e. The number of hydrogen-bond acceptors (Lipinski definition) is 4. The molecular formula is C6H15CuNO3+. The van der Waals surface area contributed by atoms with Gasteiger partial charge in [-0.15, -0.1) is 0 Å². The van der Waals surface area contributed by atoms with Gasteiger partial charge in [0.2, 0.25) is 0 Å². The minimum absolute atomic E-state index is 0. The van der Waals surface area contributed by atoms with Crippen LogP contribution in [0.4, 0.5) is 0 Å². The summed E-state index contributed by atoms with van der Waals surface area (Å²) in [6, 6.07) is 0. The summed E-state index contributed by atoms with van der Waals surface area (Å²) >= 11 is 0. The van der Waals surface area contributed by atoms with E-state index in [2.05, 4.69) is 0 Å². The molecule has 0 spiro atoms. The SMILES string of the molecule is OCCN(CCO)CCO.[Cu+]. The third kappa shape index (κ3) is 8.26. The molecule has 0 aliphatic rings. The molecule has 0 aliphatic carbocycles. The molecule has 0 rings (SSSR count). The molecule has 5 heteroatoms. The van der Waals surface area contributed by atoms with Crippen LogP contribution >= 0.6 is 0 Å². The fourth-order valence-corrected chi connectivity index (χ4v) is 0.760. The Morgan fingerprint density at radius 2 is 1.00 bits per heavy atom. The smallest absolute Gasteiger partial charge is 0.395 e. The maximum Gasteiger partial charge on any atom is 1.00 e. The van der Waals surface area contributed by atoms with Crippen LogP contribution < -0.4 is 0 Å². The quantitative estimate of drug-likeness (QED) is 0.458. The molecule has 0 atom stereocenters. The third-order valence-electron chi connectivity index (χ3n) is 1.25. The van der Waals surface area contributed by atoms with Crippen LogP contribution in [0.5, 0.6) is 0 Å². The van der Waals surface area contributed by atoms with Gasteiger partial charge in [0.25, 0.3) is 0 Å². The van der Waals surface area contributed by atoms with Gasteiger partial charge in [-0.3, -0.25) is 4.90 Å². The van der Waals surface area contributed by atoms with Crippen molar-refractivity contribution >= 4 is 0 Å². The van der Waals surface area contributed by atoms with Gasteiger partial charge in [-0.25, -0.2) is 0 Å². The van der Waals surface area contributed by atoms with E-state index >= 15 is 0 Å². The second-order valence-corrected chi connectivity index (χ2v) is 2.01. The van der Waals surface area contributed by atoms with E-state index in [4.69, 9.17) is 15.3 Å². The third-order valence-corrected chi connectivity index (χ3v) is 1.25. The van der Waals surface area contributed by atoms with Crippen LogP contribution in [0.15, 0.2) is 0 Å². The standard InChI is InChI=1S/C6H15NO3.Cu/c8-4-1-7(2-5-9)3-6-10;/h8-10H,1-6H2;/q;+1. The van der Waals surface area contributed by atoms with Crippen molar-refractivity contribution in [2.24, 2.45) is 0 Å². The Kier molecular flexibility index (Phi) is 13.1. The zero-order chi connectivity index (χ0) is 7.82. The first-order chi connectivity index (χ1) is 4.85. The Balaban J connectivity index is 0. The van der Waals surface area contributed by atoms with Crippen molar-refractivity contribution in [2.45, 2.75) is 0 Å². The van der Waals surface area contributed by atoms with E-state index in [1.165, 1.54) is 0 Å². The summed E-state index contributed by atoms with van der Waals surface area (Å²) in [5.74, 6) is 0. The van der Waals surface area contributed by atoms with Crippen molar-refractivity contribution < 1.29 is 32.4 Å². The van der Waals surface area contributed by atoms with Crippen LogP contribution in [0.1, 0.15) is 0 Å². The fourth-order valence-electron chi connectivity index (χ4n) is 0.760. The van der Waals surface area contributed by atoms with Crippen molar-refractivity contribution in [1.29, 1.82) is 0 Å². The fraction of sp³-hybridized carbons (Fsp3) is 1.00. The van der Waals surface area contributed by atoms with Crippen LogP contribution in [0.2, 0.25) is 0 Å². The first-order valence-corrected chi connectivity index (χ1v) is 3.40. The topological polar surface area (TPSA) is 63.9 Å². The van der Waals surface area contributed by atoms with E-state index in [1.807, 2.05) is 0 Å². The van der Waals surface area contributed by atoms with Crippen LogP contribution in [-0.2, 0) is 17.1 Å². The average Bonchev–Trinajstić information content (AvgIpc) is 1.90. The van der Waals surface area contributed by atoms with E-state index in [0.29, 0.717) is 19.6 Å². The number of hydrogen-bond donors (Lipinski definition) is 3. The summed E-state index contributed by atoms with van der Waals surface area (Å²) in [6.07, 6.45) is 0. The Morgan fingerprint density at radius 3 is 1.18 bits per heavy atom. The molecule has 0 saturated carbocycles. The van der Waals surface area contributed by atoms with Crippen LogP contribution in [0.3, 0.4) is 0 Å². The second-order valence-electron chi connectivity index (χ2n) is 2.01. The minimum Gasteiger partial charge on any atom is -0.395 e. The van der Waals surface area contributed by atoms with E-state index in [-0.39, 0.29) is 36.9 Å². The molecule has 0 unspecified atom stereocenters. The van der Waals surface area contributed by atoms with Crippen molar-refractivity contribution in [2.75, 3.05) is 39.5 Å². The molecule has 0 fully saturated rings. The van der Waals surface area contributed by atoms with Gasteiger partial charge < -0.3 is 15.3 Å². The zero-order valence-electron chi connectivity index (χ0n) is 6.33. The average molecular weight is 213 g/mol. The normalized spacial score (nSPS) is 9.82. The van der Waals surface area contributed by atoms with Gasteiger partial charge in [0.1, 0.15) is 0 Å². The molecule has 3 N–H and O–H groups in total. The summed E-state index contributed by atoms with van der Waals surface area (Å²) in [6.45, 7) is 1.75. The predicted octanol–water partition coefficient (Wildman–Crippen LogP) is -1.74. The number of rotatable bonds is 6. The van der Waals surface area contributed by atoms with Crippen molar-refractivity contribution in [3.05, 3.63) is 0 Å². The molecule has 0 bridgehead atoms. The Bertz CT molecular complexity index is 60.6. The Labute approximate surface area is 77.3 Å². The maximum atomic E-state index is 8.48. The molecule has 0 radical (unpaired) electrons. The molecular weight excluding hydrogens is 198 g/mol. The molecule has 72 valence electrons. The van der Waals surface area contributed by atoms with Crippen LogP contribution in [0.25, 0.3) is 0 Å². The van der Waals surface area contributed by atoms with Crippen LogP contribution in [0, 0.1) is 0 Å². The molecule has 0 aromatic rings. The molecule has 4 nitrogen and oxygen atoms in total. The number of nitrogens with zero attached hydrogens (tertiary/aromatic N) is 1. The summed E-state index contributed by atoms with van der Waals surface area (Å²) < 4.78 is 0. The summed E-state index contributed by atoms with van der Waals surface area (Å²) in [5.41, 5.74) is 0. The summed E-state index contributed by atoms with van der Waals surface area (Å²) in [5, 5.41) is 25.5. The van der Waals surface area contributed by atoms with Gasteiger partial charge in [0.05, 0.1) is 19.8 Å². The zero-order valence-corrected chi connectivity index (χ0v) is 7.27. The van der Waals surface area contributed by atoms with Gasteiger partial charge in [0.15, 0.2) is 0 Å². The molecule has 0 heterocycles. The van der Waals surface area contributed by atoms with E-state index in [1.54, 1.807) is 4.90 Å². The van der Waals surface area contributed by atoms with E-state index in [9.17, 15) is 0 Å². The van der Waals surface area contributed by atoms with Gasteiger partial charge in [-0.05, 0) is 0 Å². The van der Waals surface area contributed by atoms with E-state index in [0.717, 1.165) is 0 Å². The molecule has 0 aromatic heterocycles. The van der Waals surface area contributed by atoms with Gasteiger partial charge in [-0.2, -0.15) is 0 Å². The summed E-state index contributed by atoms with van der Waals surface area (Å²) in [7, 11) is 0. The first-order valence-electron chi connectivity index (χ1n) is 3.40. The Morgan fingerprint density at radius 1 is 0.727 bits per heavy atom. The monoisotopic (exact) mass is 212 g/mol. The number of aliphatic hydroxyl groups is 3. The first kappa shape index (κ1) is 13.9. The minimum atomic E-state index is 0. The molecule has 0 amide bonds. The van der Waals surface area contributed by atoms with Gasteiger partial charge >= 0.3 is 17.1 Å².